The minimum atomic E-state index is -0.559. The number of anilines is 1. The third-order valence-corrected chi connectivity index (χ3v) is 4.08. The van der Waals surface area contributed by atoms with E-state index in [1.807, 2.05) is 43.8 Å². The van der Waals surface area contributed by atoms with Crippen LogP contribution in [0.1, 0.15) is 32.4 Å². The molecule has 7 heteroatoms. The molecule has 7 nitrogen and oxygen atoms in total. The third-order valence-electron chi connectivity index (χ3n) is 4.08. The number of nitrogens with zero attached hydrogens (tertiary/aromatic N) is 2. The zero-order valence-electron chi connectivity index (χ0n) is 14.5. The van der Waals surface area contributed by atoms with Crippen LogP contribution in [-0.2, 0) is 16.1 Å². The summed E-state index contributed by atoms with van der Waals surface area (Å²) in [5, 5.41) is 7.48. The van der Waals surface area contributed by atoms with E-state index < -0.39 is 11.7 Å². The summed E-state index contributed by atoms with van der Waals surface area (Å²) in [7, 11) is 0. The molecule has 1 N–H and O–H groups in total. The van der Waals surface area contributed by atoms with Gasteiger partial charge in [-0.1, -0.05) is 6.07 Å². The minimum absolute atomic E-state index is 0.289. The number of rotatable bonds is 2. The van der Waals surface area contributed by atoms with E-state index in [2.05, 4.69) is 5.32 Å². The molecule has 1 aromatic carbocycles. The van der Waals surface area contributed by atoms with Gasteiger partial charge in [-0.3, -0.25) is 10.00 Å². The molecule has 0 aliphatic carbocycles. The molecule has 3 heterocycles. The molecule has 1 fully saturated rings. The maximum atomic E-state index is 12.1. The van der Waals surface area contributed by atoms with Gasteiger partial charge in [0.05, 0.1) is 24.9 Å². The Balaban J connectivity index is 1.63. The fourth-order valence-electron chi connectivity index (χ4n) is 2.87. The van der Waals surface area contributed by atoms with Crippen molar-refractivity contribution in [2.75, 3.05) is 18.5 Å². The smallest absolute Gasteiger partial charge is 0.412 e. The Morgan fingerprint density at radius 2 is 2.16 bits per heavy atom. The lowest BCUT2D eigenvalue weighted by atomic mass is 10.0. The number of carbonyl (C=O) groups excluding carboxylic acids is 1. The number of ether oxygens (including phenoxy) is 3. The first-order valence-corrected chi connectivity index (χ1v) is 8.33. The molecule has 2 aromatic rings. The molecule has 0 bridgehead atoms. The second-order valence-corrected chi connectivity index (χ2v) is 7.27. The first kappa shape index (κ1) is 16.0. The molecule has 0 spiro atoms. The van der Waals surface area contributed by atoms with Crippen LogP contribution in [0.25, 0.3) is 11.3 Å². The quantitative estimate of drug-likeness (QED) is 0.905. The zero-order valence-corrected chi connectivity index (χ0v) is 14.5. The number of benzene rings is 1. The summed E-state index contributed by atoms with van der Waals surface area (Å²) in [6.45, 7) is 7.28. The number of nitrogens with one attached hydrogen (secondary N) is 1. The fraction of sp³-hybridized carbons (Fsp3) is 0.444. The monoisotopic (exact) mass is 343 g/mol. The van der Waals surface area contributed by atoms with Crippen LogP contribution < -0.4 is 10.1 Å². The molecular weight excluding hydrogens is 322 g/mol. The molecule has 0 radical (unpaired) electrons. The maximum absolute atomic E-state index is 12.1. The van der Waals surface area contributed by atoms with E-state index in [4.69, 9.17) is 19.3 Å². The van der Waals surface area contributed by atoms with Gasteiger partial charge in [0, 0.05) is 17.3 Å². The Morgan fingerprint density at radius 1 is 1.36 bits per heavy atom. The Morgan fingerprint density at radius 3 is 2.84 bits per heavy atom. The van der Waals surface area contributed by atoms with Gasteiger partial charge >= 0.3 is 6.09 Å². The number of amides is 1. The summed E-state index contributed by atoms with van der Waals surface area (Å²) in [4.78, 5) is 12.1. The van der Waals surface area contributed by atoms with Crippen LogP contribution in [0.15, 0.2) is 24.4 Å². The van der Waals surface area contributed by atoms with Gasteiger partial charge in [-0.2, -0.15) is 5.10 Å². The summed E-state index contributed by atoms with van der Waals surface area (Å²) >= 11 is 0. The highest BCUT2D eigenvalue weighted by molar-refractivity contribution is 5.90. The first-order chi connectivity index (χ1) is 11.9. The standard InChI is InChI=1S/C18H21N3O4/c1-18(2,3)25-17(22)19-14-6-4-5-13-15-11(8-24-16(13)14)7-21(20-15)12-9-23-10-12/h4-7,12H,8-10H2,1-3H3,(H,19,22). The van der Waals surface area contributed by atoms with Gasteiger partial charge in [0.15, 0.2) is 5.75 Å². The van der Waals surface area contributed by atoms with E-state index in [1.165, 1.54) is 0 Å². The van der Waals surface area contributed by atoms with Crippen molar-refractivity contribution >= 4 is 11.8 Å². The van der Waals surface area contributed by atoms with Crippen LogP contribution in [-0.4, -0.2) is 34.7 Å². The molecule has 4 rings (SSSR count). The molecular formula is C18H21N3O4. The van der Waals surface area contributed by atoms with Crippen LogP contribution in [0, 0.1) is 0 Å². The number of aromatic nitrogens is 2. The molecule has 0 atom stereocenters. The number of hydrogen-bond donors (Lipinski definition) is 1. The van der Waals surface area contributed by atoms with Crippen LogP contribution in [0.4, 0.5) is 10.5 Å². The highest BCUT2D eigenvalue weighted by atomic mass is 16.6. The summed E-state index contributed by atoms with van der Waals surface area (Å²) in [5.74, 6) is 0.621. The van der Waals surface area contributed by atoms with Gasteiger partial charge < -0.3 is 14.2 Å². The summed E-state index contributed by atoms with van der Waals surface area (Å²) < 4.78 is 18.4. The molecule has 0 unspecified atom stereocenters. The average molecular weight is 343 g/mol. The number of hydrogen-bond acceptors (Lipinski definition) is 5. The number of para-hydroxylation sites is 1. The van der Waals surface area contributed by atoms with E-state index >= 15 is 0 Å². The Labute approximate surface area is 145 Å². The van der Waals surface area contributed by atoms with Gasteiger partial charge in [0.25, 0.3) is 0 Å². The van der Waals surface area contributed by atoms with Crippen molar-refractivity contribution in [3.05, 3.63) is 30.0 Å². The molecule has 25 heavy (non-hydrogen) atoms. The van der Waals surface area contributed by atoms with Gasteiger partial charge in [-0.05, 0) is 32.9 Å². The number of carbonyl (C=O) groups is 1. The Kier molecular flexibility index (Phi) is 3.68. The van der Waals surface area contributed by atoms with Crippen molar-refractivity contribution < 1.29 is 19.0 Å². The Bertz CT molecular complexity index is 818. The van der Waals surface area contributed by atoms with Crippen LogP contribution in [0.3, 0.4) is 0 Å². The van der Waals surface area contributed by atoms with Gasteiger partial charge in [-0.15, -0.1) is 0 Å². The van der Waals surface area contributed by atoms with Crippen LogP contribution in [0.2, 0.25) is 0 Å². The lowest BCUT2D eigenvalue weighted by molar-refractivity contribution is -0.0285. The van der Waals surface area contributed by atoms with Crippen LogP contribution >= 0.6 is 0 Å². The third kappa shape index (κ3) is 3.07. The van der Waals surface area contributed by atoms with E-state index in [0.29, 0.717) is 31.3 Å². The first-order valence-electron chi connectivity index (χ1n) is 8.33. The lowest BCUT2D eigenvalue weighted by Gasteiger charge is -2.25. The predicted molar refractivity (Wildman–Crippen MR) is 91.7 cm³/mol. The molecule has 132 valence electrons. The van der Waals surface area contributed by atoms with E-state index in [9.17, 15) is 4.79 Å². The highest BCUT2D eigenvalue weighted by Gasteiger charge is 2.28. The van der Waals surface area contributed by atoms with Crippen molar-refractivity contribution in [1.82, 2.24) is 9.78 Å². The van der Waals surface area contributed by atoms with Crippen molar-refractivity contribution in [3.8, 4) is 17.0 Å². The SMILES string of the molecule is CC(C)(C)OC(=O)Nc1cccc2c1OCc1cn(C3COC3)nc1-2. The van der Waals surface area contributed by atoms with Gasteiger partial charge in [0.2, 0.25) is 0 Å². The van der Waals surface area contributed by atoms with Gasteiger partial charge in [0.1, 0.15) is 17.9 Å². The highest BCUT2D eigenvalue weighted by Crippen LogP contribution is 2.42. The summed E-state index contributed by atoms with van der Waals surface area (Å²) in [5.41, 5.74) is 2.82. The Hall–Kier alpha value is -2.54. The molecule has 1 saturated heterocycles. The van der Waals surface area contributed by atoms with Crippen LogP contribution in [0.5, 0.6) is 5.75 Å². The lowest BCUT2D eigenvalue weighted by Crippen LogP contribution is -2.30. The number of fused-ring (bicyclic) bond motifs is 3. The predicted octanol–water partition coefficient (Wildman–Crippen LogP) is 3.36. The summed E-state index contributed by atoms with van der Waals surface area (Å²) in [6.07, 6.45) is 1.51. The van der Waals surface area contributed by atoms with Crippen molar-refractivity contribution in [2.45, 2.75) is 39.0 Å². The molecule has 2 aliphatic rings. The van der Waals surface area contributed by atoms with E-state index in [-0.39, 0.29) is 6.04 Å². The van der Waals surface area contributed by atoms with Crippen molar-refractivity contribution in [3.63, 3.8) is 0 Å². The molecule has 1 aromatic heterocycles. The topological polar surface area (TPSA) is 74.6 Å². The largest absolute Gasteiger partial charge is 0.486 e. The molecule has 1 amide bonds. The molecule has 0 saturated carbocycles. The maximum Gasteiger partial charge on any atom is 0.412 e. The molecule has 2 aliphatic heterocycles. The summed E-state index contributed by atoms with van der Waals surface area (Å²) in [6, 6.07) is 5.90. The fourth-order valence-corrected chi connectivity index (χ4v) is 2.87. The van der Waals surface area contributed by atoms with Crippen molar-refractivity contribution in [2.24, 2.45) is 0 Å². The minimum Gasteiger partial charge on any atom is -0.486 e. The van der Waals surface area contributed by atoms with E-state index in [1.54, 1.807) is 6.07 Å². The average Bonchev–Trinajstić information content (AvgIpc) is 2.87. The van der Waals surface area contributed by atoms with Crippen molar-refractivity contribution in [1.29, 1.82) is 0 Å². The second-order valence-electron chi connectivity index (χ2n) is 7.27. The second kappa shape index (κ2) is 5.77. The van der Waals surface area contributed by atoms with Gasteiger partial charge in [-0.25, -0.2) is 4.79 Å². The normalized spacial score (nSPS) is 16.3. The van der Waals surface area contributed by atoms with E-state index in [0.717, 1.165) is 16.8 Å². The zero-order chi connectivity index (χ0) is 17.6.